The maximum atomic E-state index is 14.0. The molecule has 0 radical (unpaired) electrons. The minimum atomic E-state index is -1.85. The van der Waals surface area contributed by atoms with E-state index in [4.69, 9.17) is 16.0 Å². The number of allylic oxidation sites excluding steroid dienone is 2. The Morgan fingerprint density at radius 3 is 2.53 bits per heavy atom. The van der Waals surface area contributed by atoms with Gasteiger partial charge in [-0.1, -0.05) is 33.4 Å². The number of hydrogen-bond acceptors (Lipinski definition) is 1. The van der Waals surface area contributed by atoms with Crippen molar-refractivity contribution in [1.82, 2.24) is 0 Å². The van der Waals surface area contributed by atoms with Crippen molar-refractivity contribution >= 4 is 19.9 Å². The molecule has 1 aliphatic carbocycles. The van der Waals surface area contributed by atoms with Crippen LogP contribution in [0.4, 0.5) is 4.39 Å². The molecule has 110 valence electrons. The van der Waals surface area contributed by atoms with Gasteiger partial charge in [0.05, 0.1) is 6.10 Å². The van der Waals surface area contributed by atoms with Crippen LogP contribution >= 0.6 is 11.6 Å². The summed E-state index contributed by atoms with van der Waals surface area (Å²) < 4.78 is 20.3. The Kier molecular flexibility index (Phi) is 5.44. The van der Waals surface area contributed by atoms with E-state index < -0.39 is 14.5 Å². The Morgan fingerprint density at radius 2 is 2.05 bits per heavy atom. The van der Waals surface area contributed by atoms with E-state index in [2.05, 4.69) is 40.4 Å². The van der Waals surface area contributed by atoms with Crippen molar-refractivity contribution in [1.29, 1.82) is 0 Å². The first kappa shape index (κ1) is 16.9. The lowest BCUT2D eigenvalue weighted by molar-refractivity contribution is 0.131. The molecule has 1 nitrogen and oxygen atoms in total. The Labute approximate surface area is 123 Å². The smallest absolute Gasteiger partial charge is 0.192 e. The molecular weight excluding hydrogens is 279 g/mol. The highest BCUT2D eigenvalue weighted by molar-refractivity contribution is 6.74. The standard InChI is InChI=1S/C15H26ClFOSi/c1-11-12(7-8-16)9-13(10-14(11)17)18-19(5,6)15(2,3)4/h7,13-14H,1,8-10H2,2-6H3/b12-7-/t13?,14-/m0/s1. The second-order valence-corrected chi connectivity index (χ2v) is 11.9. The summed E-state index contributed by atoms with van der Waals surface area (Å²) >= 11 is 5.73. The van der Waals surface area contributed by atoms with Crippen LogP contribution in [0.2, 0.25) is 18.1 Å². The molecule has 0 bridgehead atoms. The van der Waals surface area contributed by atoms with Crippen molar-refractivity contribution in [3.05, 3.63) is 23.8 Å². The molecule has 0 aliphatic heterocycles. The van der Waals surface area contributed by atoms with E-state index >= 15 is 0 Å². The molecule has 0 amide bonds. The van der Waals surface area contributed by atoms with Gasteiger partial charge in [0.1, 0.15) is 6.17 Å². The second kappa shape index (κ2) is 6.11. The fourth-order valence-corrected chi connectivity index (χ4v) is 3.58. The Hall–Kier alpha value is -0.123. The molecule has 1 unspecified atom stereocenters. The first-order valence-corrected chi connectivity index (χ1v) is 10.3. The zero-order valence-electron chi connectivity index (χ0n) is 12.7. The van der Waals surface area contributed by atoms with Crippen LogP contribution < -0.4 is 0 Å². The van der Waals surface area contributed by atoms with Gasteiger partial charge in [0.2, 0.25) is 0 Å². The first-order valence-electron chi connectivity index (χ1n) is 6.84. The van der Waals surface area contributed by atoms with E-state index in [1.54, 1.807) is 0 Å². The number of hydrogen-bond donors (Lipinski definition) is 0. The maximum Gasteiger partial charge on any atom is 0.192 e. The van der Waals surface area contributed by atoms with Gasteiger partial charge in [0.25, 0.3) is 0 Å². The van der Waals surface area contributed by atoms with Gasteiger partial charge in [-0.05, 0) is 35.7 Å². The quantitative estimate of drug-likeness (QED) is 0.512. The van der Waals surface area contributed by atoms with Crippen LogP contribution in [0, 0.1) is 0 Å². The molecule has 0 saturated heterocycles. The molecule has 4 heteroatoms. The third-order valence-electron chi connectivity index (χ3n) is 4.30. The normalized spacial score (nSPS) is 27.9. The van der Waals surface area contributed by atoms with Gasteiger partial charge < -0.3 is 4.43 Å². The van der Waals surface area contributed by atoms with Gasteiger partial charge in [-0.15, -0.1) is 11.6 Å². The molecule has 0 spiro atoms. The first-order chi connectivity index (χ1) is 8.58. The molecular formula is C15H26ClFOSi. The highest BCUT2D eigenvalue weighted by atomic mass is 35.5. The molecule has 0 aromatic rings. The van der Waals surface area contributed by atoms with Gasteiger partial charge in [0.15, 0.2) is 8.32 Å². The summed E-state index contributed by atoms with van der Waals surface area (Å²) in [4.78, 5) is 0. The zero-order chi connectivity index (χ0) is 14.8. The summed E-state index contributed by atoms with van der Waals surface area (Å²) in [5.74, 6) is 0.397. The topological polar surface area (TPSA) is 9.23 Å². The van der Waals surface area contributed by atoms with Crippen molar-refractivity contribution in [2.45, 2.75) is 64.0 Å². The van der Waals surface area contributed by atoms with E-state index in [-0.39, 0.29) is 11.1 Å². The Balaban J connectivity index is 2.81. The largest absolute Gasteiger partial charge is 0.413 e. The van der Waals surface area contributed by atoms with Gasteiger partial charge in [-0.25, -0.2) is 4.39 Å². The fraction of sp³-hybridized carbons (Fsp3) is 0.733. The minimum Gasteiger partial charge on any atom is -0.413 e. The number of halogens is 2. The summed E-state index contributed by atoms with van der Waals surface area (Å²) in [6, 6.07) is 0. The summed E-state index contributed by atoms with van der Waals surface area (Å²) in [6.45, 7) is 14.8. The van der Waals surface area contributed by atoms with Crippen molar-refractivity contribution < 1.29 is 8.82 Å². The summed E-state index contributed by atoms with van der Waals surface area (Å²) in [6.07, 6.45) is 1.97. The SMILES string of the molecule is C=C1/C(=C\CCl)CC(O[Si](C)(C)C(C)(C)C)C[C@@H]1F. The van der Waals surface area contributed by atoms with Crippen LogP contribution in [-0.2, 0) is 4.43 Å². The highest BCUT2D eigenvalue weighted by Crippen LogP contribution is 2.40. The van der Waals surface area contributed by atoms with Gasteiger partial charge in [-0.2, -0.15) is 0 Å². The predicted octanol–water partition coefficient (Wildman–Crippen LogP) is 5.23. The van der Waals surface area contributed by atoms with Crippen molar-refractivity contribution in [2.75, 3.05) is 5.88 Å². The summed E-state index contributed by atoms with van der Waals surface area (Å²) in [5, 5.41) is 0.142. The van der Waals surface area contributed by atoms with E-state index in [0.717, 1.165) is 12.0 Å². The van der Waals surface area contributed by atoms with Crippen LogP contribution in [0.3, 0.4) is 0 Å². The molecule has 1 aliphatic rings. The van der Waals surface area contributed by atoms with E-state index in [1.807, 2.05) is 6.08 Å². The fourth-order valence-electron chi connectivity index (χ4n) is 2.02. The molecule has 0 aromatic carbocycles. The third kappa shape index (κ3) is 4.17. The van der Waals surface area contributed by atoms with Crippen molar-refractivity contribution in [2.24, 2.45) is 0 Å². The van der Waals surface area contributed by atoms with E-state index in [1.165, 1.54) is 0 Å². The van der Waals surface area contributed by atoms with Gasteiger partial charge in [-0.3, -0.25) is 0 Å². The van der Waals surface area contributed by atoms with Crippen LogP contribution in [0.5, 0.6) is 0 Å². The van der Waals surface area contributed by atoms with Crippen LogP contribution in [-0.4, -0.2) is 26.5 Å². The number of rotatable bonds is 3. The van der Waals surface area contributed by atoms with Crippen molar-refractivity contribution in [3.8, 4) is 0 Å². The monoisotopic (exact) mass is 304 g/mol. The average Bonchev–Trinajstić information content (AvgIpc) is 2.23. The zero-order valence-corrected chi connectivity index (χ0v) is 14.5. The maximum absolute atomic E-state index is 14.0. The Bertz CT molecular complexity index is 371. The molecule has 2 atom stereocenters. The van der Waals surface area contributed by atoms with Gasteiger partial charge >= 0.3 is 0 Å². The molecule has 1 rings (SSSR count). The lowest BCUT2D eigenvalue weighted by atomic mass is 9.87. The average molecular weight is 305 g/mol. The molecule has 0 N–H and O–H groups in total. The minimum absolute atomic E-state index is 0.0455. The van der Waals surface area contributed by atoms with Crippen molar-refractivity contribution in [3.63, 3.8) is 0 Å². The van der Waals surface area contributed by atoms with Crippen LogP contribution in [0.15, 0.2) is 23.8 Å². The lowest BCUT2D eigenvalue weighted by Crippen LogP contribution is -2.45. The van der Waals surface area contributed by atoms with Gasteiger partial charge in [0, 0.05) is 12.3 Å². The third-order valence-corrected chi connectivity index (χ3v) is 8.99. The number of alkyl halides is 2. The van der Waals surface area contributed by atoms with Crippen LogP contribution in [0.25, 0.3) is 0 Å². The molecule has 1 saturated carbocycles. The summed E-state index contributed by atoms with van der Waals surface area (Å²) in [5.41, 5.74) is 1.51. The molecule has 1 fully saturated rings. The predicted molar refractivity (Wildman–Crippen MR) is 84.1 cm³/mol. The molecule has 19 heavy (non-hydrogen) atoms. The van der Waals surface area contributed by atoms with Crippen LogP contribution in [0.1, 0.15) is 33.6 Å². The molecule has 0 aromatic heterocycles. The summed E-state index contributed by atoms with van der Waals surface area (Å²) in [7, 11) is -1.85. The highest BCUT2D eigenvalue weighted by Gasteiger charge is 2.41. The lowest BCUT2D eigenvalue weighted by Gasteiger charge is -2.41. The molecule has 0 heterocycles. The van der Waals surface area contributed by atoms with E-state index in [9.17, 15) is 4.39 Å². The second-order valence-electron chi connectivity index (χ2n) is 6.82. The van der Waals surface area contributed by atoms with E-state index in [0.29, 0.717) is 17.9 Å². The Morgan fingerprint density at radius 1 is 1.47 bits per heavy atom.